The topological polar surface area (TPSA) is 55.1 Å². The average Bonchev–Trinajstić information content (AvgIpc) is 2.48. The maximum atomic E-state index is 13.4. The summed E-state index contributed by atoms with van der Waals surface area (Å²) in [5.41, 5.74) is 3.38. The Morgan fingerprint density at radius 2 is 1.85 bits per heavy atom. The molecule has 0 aromatic heterocycles. The highest BCUT2D eigenvalue weighted by molar-refractivity contribution is 7.98. The molecule has 0 heterocycles. The molecule has 0 spiro atoms. The van der Waals surface area contributed by atoms with E-state index in [1.54, 1.807) is 24.3 Å². The SMILES string of the molecule is NNC(=O)c1ccc(CSc2cc(F)ccc2F)cc1. The van der Waals surface area contributed by atoms with Gasteiger partial charge in [-0.2, -0.15) is 0 Å². The first kappa shape index (κ1) is 14.5. The molecule has 0 aliphatic carbocycles. The molecule has 0 unspecified atom stereocenters. The number of carbonyl (C=O) groups is 1. The van der Waals surface area contributed by atoms with Crippen molar-refractivity contribution in [2.45, 2.75) is 10.6 Å². The summed E-state index contributed by atoms with van der Waals surface area (Å²) in [6.45, 7) is 0. The first-order chi connectivity index (χ1) is 9.60. The van der Waals surface area contributed by atoms with Crippen molar-refractivity contribution < 1.29 is 13.6 Å². The normalized spacial score (nSPS) is 10.3. The number of hydrogen-bond donors (Lipinski definition) is 2. The van der Waals surface area contributed by atoms with E-state index in [0.29, 0.717) is 11.3 Å². The van der Waals surface area contributed by atoms with Gasteiger partial charge in [0.25, 0.3) is 5.91 Å². The molecular weight excluding hydrogens is 282 g/mol. The van der Waals surface area contributed by atoms with E-state index in [1.165, 1.54) is 11.8 Å². The molecule has 20 heavy (non-hydrogen) atoms. The number of carbonyl (C=O) groups excluding carboxylic acids is 1. The van der Waals surface area contributed by atoms with E-state index in [-0.39, 0.29) is 10.8 Å². The summed E-state index contributed by atoms with van der Waals surface area (Å²) in [6, 6.07) is 10.1. The summed E-state index contributed by atoms with van der Waals surface area (Å²) in [5, 5.41) is 0. The molecule has 0 saturated heterocycles. The minimum absolute atomic E-state index is 0.258. The maximum Gasteiger partial charge on any atom is 0.265 e. The second-order valence-electron chi connectivity index (χ2n) is 4.03. The van der Waals surface area contributed by atoms with Crippen LogP contribution in [-0.2, 0) is 5.75 Å². The number of nitrogens with one attached hydrogen (secondary N) is 1. The number of nitrogen functional groups attached to an aromatic ring is 1. The van der Waals surface area contributed by atoms with Gasteiger partial charge in [0.1, 0.15) is 11.6 Å². The highest BCUT2D eigenvalue weighted by Gasteiger charge is 2.06. The van der Waals surface area contributed by atoms with Crippen LogP contribution in [-0.4, -0.2) is 5.91 Å². The van der Waals surface area contributed by atoms with Gasteiger partial charge in [0.05, 0.1) is 0 Å². The number of benzene rings is 2. The number of halogens is 2. The Balaban J connectivity index is 2.04. The van der Waals surface area contributed by atoms with Gasteiger partial charge in [-0.05, 0) is 35.9 Å². The summed E-state index contributed by atoms with van der Waals surface area (Å²) in [7, 11) is 0. The third-order valence-corrected chi connectivity index (χ3v) is 3.74. The van der Waals surface area contributed by atoms with Crippen LogP contribution in [0.1, 0.15) is 15.9 Å². The fourth-order valence-corrected chi connectivity index (χ4v) is 2.50. The van der Waals surface area contributed by atoms with Crippen LogP contribution in [0.3, 0.4) is 0 Å². The maximum absolute atomic E-state index is 13.4. The summed E-state index contributed by atoms with van der Waals surface area (Å²) in [5.74, 6) is 4.21. The Bertz CT molecular complexity index is 617. The highest BCUT2D eigenvalue weighted by Crippen LogP contribution is 2.26. The van der Waals surface area contributed by atoms with Crippen molar-refractivity contribution in [1.29, 1.82) is 0 Å². The van der Waals surface area contributed by atoms with E-state index >= 15 is 0 Å². The predicted molar refractivity (Wildman–Crippen MR) is 74.0 cm³/mol. The van der Waals surface area contributed by atoms with Crippen molar-refractivity contribution >= 4 is 17.7 Å². The van der Waals surface area contributed by atoms with Crippen LogP contribution in [0.5, 0.6) is 0 Å². The Morgan fingerprint density at radius 1 is 1.15 bits per heavy atom. The van der Waals surface area contributed by atoms with Gasteiger partial charge in [-0.3, -0.25) is 10.2 Å². The zero-order valence-electron chi connectivity index (χ0n) is 10.4. The van der Waals surface area contributed by atoms with E-state index < -0.39 is 11.6 Å². The van der Waals surface area contributed by atoms with Crippen molar-refractivity contribution in [2.24, 2.45) is 5.84 Å². The van der Waals surface area contributed by atoms with Gasteiger partial charge in [-0.15, -0.1) is 11.8 Å². The Labute approximate surface area is 119 Å². The predicted octanol–water partition coefficient (Wildman–Crippen LogP) is 2.86. The molecule has 0 radical (unpaired) electrons. The van der Waals surface area contributed by atoms with Gasteiger partial charge in [0.2, 0.25) is 0 Å². The quantitative estimate of drug-likeness (QED) is 0.394. The molecule has 1 amide bonds. The van der Waals surface area contributed by atoms with Crippen molar-refractivity contribution in [1.82, 2.24) is 5.43 Å². The standard InChI is InChI=1S/C14H12F2N2OS/c15-11-5-6-12(16)13(7-11)20-8-9-1-3-10(4-2-9)14(19)18-17/h1-7H,8,17H2,(H,18,19). The molecule has 2 rings (SSSR count). The third kappa shape index (κ3) is 3.55. The van der Waals surface area contributed by atoms with Crippen molar-refractivity contribution in [3.63, 3.8) is 0 Å². The van der Waals surface area contributed by atoms with Crippen LogP contribution in [0, 0.1) is 11.6 Å². The van der Waals surface area contributed by atoms with Gasteiger partial charge in [0.15, 0.2) is 0 Å². The number of nitrogens with two attached hydrogens (primary N) is 1. The van der Waals surface area contributed by atoms with E-state index in [4.69, 9.17) is 5.84 Å². The summed E-state index contributed by atoms with van der Waals surface area (Å²) in [4.78, 5) is 11.5. The third-order valence-electron chi connectivity index (χ3n) is 2.63. The zero-order valence-corrected chi connectivity index (χ0v) is 11.2. The van der Waals surface area contributed by atoms with Crippen LogP contribution in [0.4, 0.5) is 8.78 Å². The van der Waals surface area contributed by atoms with E-state index in [1.807, 2.05) is 5.43 Å². The van der Waals surface area contributed by atoms with Gasteiger partial charge in [-0.25, -0.2) is 14.6 Å². The minimum Gasteiger partial charge on any atom is -0.290 e. The second-order valence-corrected chi connectivity index (χ2v) is 5.05. The largest absolute Gasteiger partial charge is 0.290 e. The first-order valence-corrected chi connectivity index (χ1v) is 6.76. The summed E-state index contributed by atoms with van der Waals surface area (Å²) in [6.07, 6.45) is 0. The second kappa shape index (κ2) is 6.49. The lowest BCUT2D eigenvalue weighted by atomic mass is 10.1. The Morgan fingerprint density at radius 3 is 2.50 bits per heavy atom. The molecule has 104 valence electrons. The van der Waals surface area contributed by atoms with Crippen LogP contribution < -0.4 is 11.3 Å². The fraction of sp³-hybridized carbons (Fsp3) is 0.0714. The van der Waals surface area contributed by atoms with Crippen LogP contribution in [0.15, 0.2) is 47.4 Å². The van der Waals surface area contributed by atoms with Crippen molar-refractivity contribution in [2.75, 3.05) is 0 Å². The molecule has 0 atom stereocenters. The first-order valence-electron chi connectivity index (χ1n) is 5.78. The minimum atomic E-state index is -0.469. The van der Waals surface area contributed by atoms with Crippen molar-refractivity contribution in [3.8, 4) is 0 Å². The molecule has 0 bridgehead atoms. The number of rotatable bonds is 4. The van der Waals surface area contributed by atoms with E-state index in [9.17, 15) is 13.6 Å². The Hall–Kier alpha value is -1.92. The molecule has 0 saturated carbocycles. The average molecular weight is 294 g/mol. The molecule has 6 heteroatoms. The number of hydrogen-bond acceptors (Lipinski definition) is 3. The lowest BCUT2D eigenvalue weighted by Crippen LogP contribution is -2.29. The van der Waals surface area contributed by atoms with Crippen LogP contribution in [0.2, 0.25) is 0 Å². The molecule has 0 aliphatic rings. The summed E-state index contributed by atoms with van der Waals surface area (Å²) < 4.78 is 26.5. The molecule has 3 N–H and O–H groups in total. The molecule has 2 aromatic rings. The van der Waals surface area contributed by atoms with Crippen LogP contribution >= 0.6 is 11.8 Å². The van der Waals surface area contributed by atoms with Gasteiger partial charge in [0, 0.05) is 16.2 Å². The molecule has 0 aliphatic heterocycles. The summed E-state index contributed by atoms with van der Waals surface area (Å²) >= 11 is 1.19. The van der Waals surface area contributed by atoms with Crippen LogP contribution in [0.25, 0.3) is 0 Å². The molecule has 2 aromatic carbocycles. The molecule has 0 fully saturated rings. The fourth-order valence-electron chi connectivity index (χ4n) is 1.58. The van der Waals surface area contributed by atoms with E-state index in [0.717, 1.165) is 23.8 Å². The highest BCUT2D eigenvalue weighted by atomic mass is 32.2. The van der Waals surface area contributed by atoms with Gasteiger partial charge >= 0.3 is 0 Å². The lowest BCUT2D eigenvalue weighted by molar-refractivity contribution is 0.0953. The van der Waals surface area contributed by atoms with E-state index in [2.05, 4.69) is 0 Å². The molecular formula is C14H12F2N2OS. The number of hydrazine groups is 1. The monoisotopic (exact) mass is 294 g/mol. The lowest BCUT2D eigenvalue weighted by Gasteiger charge is -2.05. The van der Waals surface area contributed by atoms with Gasteiger partial charge < -0.3 is 0 Å². The van der Waals surface area contributed by atoms with Gasteiger partial charge in [-0.1, -0.05) is 12.1 Å². The Kier molecular flexibility index (Phi) is 4.70. The zero-order chi connectivity index (χ0) is 14.5. The smallest absolute Gasteiger partial charge is 0.265 e. The number of amides is 1. The number of thioether (sulfide) groups is 1. The molecule has 3 nitrogen and oxygen atoms in total. The van der Waals surface area contributed by atoms with Crippen molar-refractivity contribution in [3.05, 3.63) is 65.2 Å².